The smallest absolute Gasteiger partial charge is 0.211 e. The zero-order valence-corrected chi connectivity index (χ0v) is 26.2. The first-order valence-electron chi connectivity index (χ1n) is 16.8. The van der Waals surface area contributed by atoms with E-state index in [-0.39, 0.29) is 0 Å². The molecule has 0 saturated heterocycles. The molecule has 218 valence electrons. The molecule has 2 nitrogen and oxygen atoms in total. The van der Waals surface area contributed by atoms with Gasteiger partial charge in [-0.05, 0) is 80.3 Å². The summed E-state index contributed by atoms with van der Waals surface area (Å²) in [7, 11) is 0. The quantitative estimate of drug-likeness (QED) is 0.118. The minimum Gasteiger partial charge on any atom is -0.493 e. The number of aryl methyl sites for hydroxylation is 2. The molecule has 0 spiro atoms. The molecule has 2 aromatic rings. The maximum atomic E-state index is 11.8. The summed E-state index contributed by atoms with van der Waals surface area (Å²) in [5.41, 5.74) is 21.5. The van der Waals surface area contributed by atoms with Crippen molar-refractivity contribution in [3.63, 3.8) is 0 Å². The van der Waals surface area contributed by atoms with Crippen LogP contribution in [0.2, 0.25) is 0 Å². The van der Waals surface area contributed by atoms with Crippen LogP contribution in [-0.4, -0.2) is 4.70 Å². The van der Waals surface area contributed by atoms with E-state index in [2.05, 4.69) is 76.2 Å². The van der Waals surface area contributed by atoms with Gasteiger partial charge in [0.2, 0.25) is 11.4 Å². The van der Waals surface area contributed by atoms with Gasteiger partial charge in [0, 0.05) is 22.3 Å². The van der Waals surface area contributed by atoms with Gasteiger partial charge in [0.15, 0.2) is 0 Å². The lowest BCUT2D eigenvalue weighted by atomic mass is 9.93. The fraction of sp³-hybridized carbons (Fsp3) is 0.579. The van der Waals surface area contributed by atoms with Crippen molar-refractivity contribution in [3.05, 3.63) is 87.5 Å². The zero-order chi connectivity index (χ0) is 28.6. The molecule has 0 aliphatic carbocycles. The predicted octanol–water partition coefficient (Wildman–Crippen LogP) is 12.3. The van der Waals surface area contributed by atoms with Crippen LogP contribution in [0.3, 0.4) is 0 Å². The average Bonchev–Trinajstić information content (AvgIpc) is 3.26. The second-order valence-corrected chi connectivity index (χ2v) is 11.9. The lowest BCUT2D eigenvalue weighted by Crippen LogP contribution is -2.03. The van der Waals surface area contributed by atoms with Gasteiger partial charge in [-0.1, -0.05) is 123 Å². The molecule has 40 heavy (non-hydrogen) atoms. The Hall–Kier alpha value is -2.48. The predicted molar refractivity (Wildman–Crippen MR) is 174 cm³/mol. The summed E-state index contributed by atoms with van der Waals surface area (Å²) in [6.45, 7) is 9.06. The van der Waals surface area contributed by atoms with Crippen LogP contribution in [0.1, 0.15) is 153 Å². The van der Waals surface area contributed by atoms with Gasteiger partial charge in [-0.3, -0.25) is 0 Å². The van der Waals surface area contributed by atoms with E-state index in [4.69, 9.17) is 0 Å². The summed E-state index contributed by atoms with van der Waals surface area (Å²) < 4.78 is 1.54. The Morgan fingerprint density at radius 3 is 1.43 bits per heavy atom. The summed E-state index contributed by atoms with van der Waals surface area (Å²) in [5, 5.41) is 0. The molecule has 3 rings (SSSR count). The number of hydrogen-bond donors (Lipinski definition) is 0. The Balaban J connectivity index is 1.81. The minimum atomic E-state index is 0.925. The number of hydrogen-bond acceptors (Lipinski definition) is 0. The van der Waals surface area contributed by atoms with Gasteiger partial charge < -0.3 is 5.53 Å². The lowest BCUT2D eigenvalue weighted by Gasteiger charge is -2.12. The molecule has 2 aromatic carbocycles. The molecule has 1 heterocycles. The summed E-state index contributed by atoms with van der Waals surface area (Å²) in [4.78, 5) is 0. The monoisotopic (exact) mass is 540 g/mol. The van der Waals surface area contributed by atoms with Crippen molar-refractivity contribution in [1.29, 1.82) is 0 Å². The largest absolute Gasteiger partial charge is 0.493 e. The van der Waals surface area contributed by atoms with E-state index in [0.717, 1.165) is 61.0 Å². The Morgan fingerprint density at radius 2 is 0.950 bits per heavy atom. The molecular formula is C38H56N2. The van der Waals surface area contributed by atoms with Gasteiger partial charge in [-0.25, -0.2) is 4.70 Å². The molecule has 1 aliphatic rings. The molecule has 0 N–H and O–H groups in total. The number of unbranched alkanes of at least 4 members (excludes halogenated alkanes) is 11. The Bertz CT molecular complexity index is 1120. The topological polar surface area (TPSA) is 25.3 Å². The van der Waals surface area contributed by atoms with E-state index in [1.807, 2.05) is 0 Å². The second-order valence-electron chi connectivity index (χ2n) is 11.9. The van der Waals surface area contributed by atoms with E-state index in [9.17, 15) is 5.53 Å². The molecule has 2 heteroatoms. The fourth-order valence-corrected chi connectivity index (χ4v) is 6.22. The molecular weight excluding hydrogens is 484 g/mol. The third-order valence-corrected chi connectivity index (χ3v) is 8.53. The number of benzene rings is 2. The maximum absolute atomic E-state index is 11.8. The first-order chi connectivity index (χ1) is 19.6. The van der Waals surface area contributed by atoms with Gasteiger partial charge >= 0.3 is 0 Å². The van der Waals surface area contributed by atoms with Gasteiger partial charge in [0.25, 0.3) is 0 Å². The van der Waals surface area contributed by atoms with Crippen LogP contribution < -0.4 is 0 Å². The molecule has 0 saturated carbocycles. The highest BCUT2D eigenvalue weighted by atomic mass is 15.2. The third kappa shape index (κ3) is 9.28. The number of allylic oxidation sites excluding steroid dienone is 2. The van der Waals surface area contributed by atoms with Gasteiger partial charge in [-0.15, -0.1) is 0 Å². The first-order valence-corrected chi connectivity index (χ1v) is 16.8. The Morgan fingerprint density at radius 1 is 0.500 bits per heavy atom. The van der Waals surface area contributed by atoms with Crippen molar-refractivity contribution in [2.75, 3.05) is 0 Å². The van der Waals surface area contributed by atoms with Crippen molar-refractivity contribution < 1.29 is 4.70 Å². The van der Waals surface area contributed by atoms with Gasteiger partial charge in [-0.2, -0.15) is 0 Å². The van der Waals surface area contributed by atoms with E-state index >= 15 is 0 Å². The molecule has 0 atom stereocenters. The highest BCUT2D eigenvalue weighted by Crippen LogP contribution is 2.44. The van der Waals surface area contributed by atoms with E-state index in [1.54, 1.807) is 0 Å². The Kier molecular flexibility index (Phi) is 14.5. The molecule has 0 aromatic heterocycles. The normalized spacial score (nSPS) is 13.7. The molecule has 0 fully saturated rings. The third-order valence-electron chi connectivity index (χ3n) is 8.53. The molecule has 0 radical (unpaired) electrons. The number of nitrogens with zero attached hydrogens (tertiary/aromatic N) is 2. The van der Waals surface area contributed by atoms with Crippen LogP contribution in [0, 0.1) is 0 Å². The molecule has 1 aliphatic heterocycles. The van der Waals surface area contributed by atoms with Crippen LogP contribution in [0.4, 0.5) is 0 Å². The van der Waals surface area contributed by atoms with Crippen LogP contribution in [0.5, 0.6) is 0 Å². The van der Waals surface area contributed by atoms with Crippen molar-refractivity contribution in [2.24, 2.45) is 0 Å². The highest BCUT2D eigenvalue weighted by Gasteiger charge is 2.34. The SMILES string of the molecule is CCCCCCCCc1cccc(C2=C(CC)C(CCCC)=C(c3cccc(CCCCCCCC)c3)[N+]2=[N-])c1. The lowest BCUT2D eigenvalue weighted by molar-refractivity contribution is -0.345. The van der Waals surface area contributed by atoms with Gasteiger partial charge in [0.05, 0.1) is 0 Å². The zero-order valence-electron chi connectivity index (χ0n) is 26.2. The van der Waals surface area contributed by atoms with Gasteiger partial charge in [0.1, 0.15) is 0 Å². The molecule has 0 unspecified atom stereocenters. The van der Waals surface area contributed by atoms with Crippen LogP contribution >= 0.6 is 0 Å². The maximum Gasteiger partial charge on any atom is 0.211 e. The van der Waals surface area contributed by atoms with E-state index in [1.165, 1.54) is 104 Å². The van der Waals surface area contributed by atoms with E-state index in [0.29, 0.717) is 0 Å². The number of rotatable bonds is 20. The van der Waals surface area contributed by atoms with Crippen LogP contribution in [-0.2, 0) is 12.8 Å². The summed E-state index contributed by atoms with van der Waals surface area (Å²) in [5.74, 6) is 0. The summed E-state index contributed by atoms with van der Waals surface area (Å²) in [6, 6.07) is 17.9. The second kappa shape index (κ2) is 18.1. The van der Waals surface area contributed by atoms with E-state index < -0.39 is 0 Å². The molecule has 0 amide bonds. The van der Waals surface area contributed by atoms with Crippen molar-refractivity contribution in [3.8, 4) is 0 Å². The first kappa shape index (κ1) is 32.0. The minimum absolute atomic E-state index is 0.925. The van der Waals surface area contributed by atoms with Crippen LogP contribution in [0.25, 0.3) is 16.9 Å². The highest BCUT2D eigenvalue weighted by molar-refractivity contribution is 5.82. The fourth-order valence-electron chi connectivity index (χ4n) is 6.22. The van der Waals surface area contributed by atoms with Crippen molar-refractivity contribution in [1.82, 2.24) is 0 Å². The van der Waals surface area contributed by atoms with Crippen molar-refractivity contribution in [2.45, 2.75) is 143 Å². The standard InChI is InChI=1S/C38H56N2/c1-5-9-12-14-16-18-22-31-24-20-26-33(29-31)37-35(8-4)36(28-11-7-3)38(40(37)39)34-27-21-25-32(30-34)23-19-17-15-13-10-6-2/h20-21,24-27,29-30H,5-19,22-23,28H2,1-4H3. The van der Waals surface area contributed by atoms with Crippen LogP contribution in [0.15, 0.2) is 59.7 Å². The summed E-state index contributed by atoms with van der Waals surface area (Å²) in [6.07, 6.45) is 22.3. The Labute approximate surface area is 246 Å². The average molecular weight is 541 g/mol. The summed E-state index contributed by atoms with van der Waals surface area (Å²) >= 11 is 0. The molecule has 0 bridgehead atoms. The van der Waals surface area contributed by atoms with Crippen molar-refractivity contribution >= 4 is 11.4 Å².